The maximum absolute atomic E-state index is 15.0. The van der Waals surface area contributed by atoms with E-state index in [0.717, 1.165) is 11.3 Å². The maximum atomic E-state index is 15.0. The molecule has 0 radical (unpaired) electrons. The summed E-state index contributed by atoms with van der Waals surface area (Å²) in [6.45, 7) is 0. The van der Waals surface area contributed by atoms with E-state index in [2.05, 4.69) is 30.2 Å². The number of aliphatic hydroxyl groups excluding tert-OH is 1. The molecule has 38 heavy (non-hydrogen) atoms. The first-order valence-electron chi connectivity index (χ1n) is 12.0. The van der Waals surface area contributed by atoms with Crippen LogP contribution in [0.1, 0.15) is 35.1 Å². The Labute approximate surface area is 225 Å². The number of fused-ring (bicyclic) bond motifs is 1. The van der Waals surface area contributed by atoms with Gasteiger partial charge in [0.25, 0.3) is 5.91 Å². The van der Waals surface area contributed by atoms with Gasteiger partial charge in [0.2, 0.25) is 0 Å². The van der Waals surface area contributed by atoms with E-state index in [4.69, 9.17) is 11.6 Å². The van der Waals surface area contributed by atoms with Gasteiger partial charge in [0, 0.05) is 12.4 Å². The van der Waals surface area contributed by atoms with Crippen molar-refractivity contribution in [2.75, 3.05) is 0 Å². The molecule has 1 aliphatic rings. The fraction of sp³-hybridized carbons (Fsp3) is 0.231. The topological polar surface area (TPSA) is 119 Å². The number of carbonyl (C=O) groups excluding carboxylic acids is 1. The van der Waals surface area contributed by atoms with Crippen LogP contribution in [0.25, 0.3) is 33.9 Å². The molecule has 0 saturated heterocycles. The van der Waals surface area contributed by atoms with Gasteiger partial charge in [0.1, 0.15) is 15.5 Å². The number of hydrogen-bond donors (Lipinski definition) is 2. The van der Waals surface area contributed by atoms with Crippen molar-refractivity contribution in [3.63, 3.8) is 0 Å². The Morgan fingerprint density at radius 3 is 2.71 bits per heavy atom. The van der Waals surface area contributed by atoms with Crippen LogP contribution in [0.15, 0.2) is 61.2 Å². The van der Waals surface area contributed by atoms with E-state index in [1.165, 1.54) is 24.5 Å². The van der Waals surface area contributed by atoms with Crippen molar-refractivity contribution in [1.82, 2.24) is 34.8 Å². The molecule has 5 aromatic heterocycles. The number of amides is 1. The summed E-state index contributed by atoms with van der Waals surface area (Å²) in [5, 5.41) is 14.7. The van der Waals surface area contributed by atoms with Gasteiger partial charge < -0.3 is 15.0 Å². The Kier molecular flexibility index (Phi) is 6.56. The van der Waals surface area contributed by atoms with Gasteiger partial charge in [-0.1, -0.05) is 29.0 Å². The molecule has 0 spiro atoms. The summed E-state index contributed by atoms with van der Waals surface area (Å²) < 4.78 is 17.2. The first-order chi connectivity index (χ1) is 18.5. The number of aromatic nitrogens is 6. The molecule has 5 heterocycles. The van der Waals surface area contributed by atoms with Crippen molar-refractivity contribution in [3.8, 4) is 22.9 Å². The molecule has 12 heteroatoms. The van der Waals surface area contributed by atoms with Gasteiger partial charge in [-0.3, -0.25) is 14.8 Å². The number of nitrogens with one attached hydrogen (secondary N) is 1. The molecule has 1 amide bonds. The van der Waals surface area contributed by atoms with Gasteiger partial charge in [-0.15, -0.1) is 0 Å². The lowest BCUT2D eigenvalue weighted by molar-refractivity contribution is 0.0417. The minimum atomic E-state index is -0.988. The number of hydrogen-bond acceptors (Lipinski definition) is 8. The van der Waals surface area contributed by atoms with Gasteiger partial charge in [-0.2, -0.15) is 0 Å². The lowest BCUT2D eigenvalue weighted by atomic mass is 9.87. The highest BCUT2D eigenvalue weighted by molar-refractivity contribution is 7.17. The third-order valence-corrected chi connectivity index (χ3v) is 7.73. The van der Waals surface area contributed by atoms with Gasteiger partial charge in [-0.25, -0.2) is 19.3 Å². The van der Waals surface area contributed by atoms with Crippen molar-refractivity contribution in [3.05, 3.63) is 76.3 Å². The number of pyridine rings is 3. The summed E-state index contributed by atoms with van der Waals surface area (Å²) in [5.41, 5.74) is 2.54. The average molecular weight is 550 g/mol. The molecule has 1 fully saturated rings. The van der Waals surface area contributed by atoms with E-state index in [9.17, 15) is 14.3 Å². The predicted octanol–water partition coefficient (Wildman–Crippen LogP) is 4.69. The van der Waals surface area contributed by atoms with Crippen molar-refractivity contribution in [2.24, 2.45) is 0 Å². The summed E-state index contributed by atoms with van der Waals surface area (Å²) in [4.78, 5) is 34.7. The number of imidazole rings is 1. The molecular weight excluding hydrogens is 529 g/mol. The van der Waals surface area contributed by atoms with Crippen LogP contribution in [0.3, 0.4) is 0 Å². The number of thiazole rings is 1. The van der Waals surface area contributed by atoms with Crippen molar-refractivity contribution in [1.29, 1.82) is 0 Å². The second-order valence-corrected chi connectivity index (χ2v) is 10.6. The van der Waals surface area contributed by atoms with E-state index >= 15 is 0 Å². The third-order valence-electron chi connectivity index (χ3n) is 6.61. The van der Waals surface area contributed by atoms with Gasteiger partial charge in [0.15, 0.2) is 16.6 Å². The Morgan fingerprint density at radius 1 is 1.08 bits per heavy atom. The highest BCUT2D eigenvalue weighted by atomic mass is 35.5. The molecule has 192 valence electrons. The number of carbonyl (C=O) groups is 1. The molecule has 0 aromatic carbocycles. The van der Waals surface area contributed by atoms with Crippen LogP contribution < -0.4 is 5.32 Å². The molecule has 6 rings (SSSR count). The Balaban J connectivity index is 1.44. The van der Waals surface area contributed by atoms with Crippen molar-refractivity contribution >= 4 is 39.9 Å². The second kappa shape index (κ2) is 10.2. The van der Waals surface area contributed by atoms with Crippen LogP contribution in [0.5, 0.6) is 0 Å². The van der Waals surface area contributed by atoms with Crippen LogP contribution in [-0.4, -0.2) is 52.6 Å². The zero-order valence-electron chi connectivity index (χ0n) is 19.8. The Bertz CT molecular complexity index is 1630. The van der Waals surface area contributed by atoms with Crippen molar-refractivity contribution in [2.45, 2.75) is 37.5 Å². The summed E-state index contributed by atoms with van der Waals surface area (Å²) in [6, 6.07) is 9.13. The smallest absolute Gasteiger partial charge is 0.280 e. The molecule has 3 atom stereocenters. The number of nitrogens with zero attached hydrogens (tertiary/aromatic N) is 6. The Morgan fingerprint density at radius 2 is 1.95 bits per heavy atom. The monoisotopic (exact) mass is 549 g/mol. The lowest BCUT2D eigenvalue weighted by Gasteiger charge is -2.36. The first-order valence-corrected chi connectivity index (χ1v) is 13.2. The van der Waals surface area contributed by atoms with E-state index in [1.807, 2.05) is 28.8 Å². The zero-order chi connectivity index (χ0) is 26.2. The molecule has 3 unspecified atom stereocenters. The van der Waals surface area contributed by atoms with Gasteiger partial charge in [-0.05, 0) is 49.6 Å². The largest absolute Gasteiger partial charge is 0.389 e. The minimum Gasteiger partial charge on any atom is -0.389 e. The SMILES string of the molecule is O=C(NC1CCCC(n2c(-c3ncccc3F)nc3cnc(-c4ccccn4)cc32)C1O)c1ncc(Cl)s1. The highest BCUT2D eigenvalue weighted by Crippen LogP contribution is 2.37. The van der Waals surface area contributed by atoms with Crippen LogP contribution in [0.4, 0.5) is 4.39 Å². The summed E-state index contributed by atoms with van der Waals surface area (Å²) in [7, 11) is 0. The Hall–Kier alpha value is -3.80. The fourth-order valence-corrected chi connectivity index (χ4v) is 5.71. The predicted molar refractivity (Wildman–Crippen MR) is 141 cm³/mol. The number of aliphatic hydroxyl groups is 1. The second-order valence-electron chi connectivity index (χ2n) is 8.95. The van der Waals surface area contributed by atoms with Crippen LogP contribution in [-0.2, 0) is 0 Å². The van der Waals surface area contributed by atoms with Gasteiger partial charge >= 0.3 is 0 Å². The number of rotatable bonds is 5. The molecule has 2 N–H and O–H groups in total. The lowest BCUT2D eigenvalue weighted by Crippen LogP contribution is -2.49. The molecule has 9 nitrogen and oxygen atoms in total. The summed E-state index contributed by atoms with van der Waals surface area (Å²) in [5.74, 6) is -0.654. The number of halogens is 2. The molecule has 1 saturated carbocycles. The van der Waals surface area contributed by atoms with Crippen LogP contribution >= 0.6 is 22.9 Å². The van der Waals surface area contributed by atoms with E-state index < -0.39 is 29.9 Å². The minimum absolute atomic E-state index is 0.0684. The molecule has 0 bridgehead atoms. The third kappa shape index (κ3) is 4.53. The highest BCUT2D eigenvalue weighted by Gasteiger charge is 2.37. The standard InChI is InChI=1S/C26H21ClFN7O2S/c27-21-13-32-26(38-21)25(37)34-16-7-3-8-19(23(16)36)35-20-11-17(15-6-1-2-9-29-15)31-12-18(20)33-24(35)22-14(28)5-4-10-30-22/h1-2,4-6,9-13,16,19,23,36H,3,7-8H2,(H,34,37). The maximum Gasteiger partial charge on any atom is 0.280 e. The van der Waals surface area contributed by atoms with Crippen LogP contribution in [0.2, 0.25) is 4.34 Å². The molecular formula is C26H21ClFN7O2S. The zero-order valence-corrected chi connectivity index (χ0v) is 21.4. The average Bonchev–Trinajstić information content (AvgIpc) is 3.54. The van der Waals surface area contributed by atoms with E-state index in [-0.39, 0.29) is 16.5 Å². The fourth-order valence-electron chi connectivity index (χ4n) is 4.89. The van der Waals surface area contributed by atoms with Crippen molar-refractivity contribution < 1.29 is 14.3 Å². The quantitative estimate of drug-likeness (QED) is 0.326. The normalized spacial score (nSPS) is 19.5. The van der Waals surface area contributed by atoms with E-state index in [0.29, 0.717) is 46.0 Å². The molecule has 0 aliphatic heterocycles. The first kappa shape index (κ1) is 24.5. The van der Waals surface area contributed by atoms with Crippen LogP contribution in [0, 0.1) is 5.82 Å². The summed E-state index contributed by atoms with van der Waals surface area (Å²) in [6.07, 6.45) is 7.10. The molecule has 5 aromatic rings. The molecule has 1 aliphatic carbocycles. The van der Waals surface area contributed by atoms with Gasteiger partial charge in [0.05, 0.1) is 47.5 Å². The van der Waals surface area contributed by atoms with E-state index in [1.54, 1.807) is 12.4 Å². The summed E-state index contributed by atoms with van der Waals surface area (Å²) >= 11 is 7.01.